The molecule has 2 N–H and O–H groups in total. The maximum absolute atomic E-state index is 13.6. The fourth-order valence-corrected chi connectivity index (χ4v) is 2.22. The van der Waals surface area contributed by atoms with Crippen LogP contribution >= 0.6 is 0 Å². The Balaban J connectivity index is 1.74. The number of H-pyrrole nitrogens is 1. The molecule has 1 aromatic heterocycles. The van der Waals surface area contributed by atoms with Gasteiger partial charge in [-0.15, -0.1) is 0 Å². The largest absolute Gasteiger partial charge is 0.341 e. The van der Waals surface area contributed by atoms with Crippen LogP contribution in [0.3, 0.4) is 0 Å². The van der Waals surface area contributed by atoms with Crippen LogP contribution in [0.15, 0.2) is 42.5 Å². The Labute approximate surface area is 121 Å². The van der Waals surface area contributed by atoms with Crippen molar-refractivity contribution in [3.8, 4) is 0 Å². The van der Waals surface area contributed by atoms with Crippen molar-refractivity contribution >= 4 is 11.0 Å². The number of rotatable bonds is 4. The van der Waals surface area contributed by atoms with Crippen molar-refractivity contribution in [3.05, 3.63) is 65.5 Å². The van der Waals surface area contributed by atoms with E-state index in [1.54, 1.807) is 6.07 Å². The first-order chi connectivity index (χ1) is 10.1. The second-order valence-corrected chi connectivity index (χ2v) is 4.95. The van der Waals surface area contributed by atoms with Gasteiger partial charge in [0, 0.05) is 12.1 Å². The highest BCUT2D eigenvalue weighted by Gasteiger charge is 2.12. The number of nitrogens with one attached hydrogen (secondary N) is 2. The van der Waals surface area contributed by atoms with Crippen molar-refractivity contribution in [1.29, 1.82) is 0 Å². The van der Waals surface area contributed by atoms with Gasteiger partial charge in [-0.25, -0.2) is 13.8 Å². The molecule has 3 nitrogen and oxygen atoms in total. The molecule has 0 aliphatic carbocycles. The lowest BCUT2D eigenvalue weighted by molar-refractivity contribution is 0.481. The maximum Gasteiger partial charge on any atom is 0.163 e. The summed E-state index contributed by atoms with van der Waals surface area (Å²) in [5, 5.41) is 3.14. The predicted molar refractivity (Wildman–Crippen MR) is 77.7 cm³/mol. The Morgan fingerprint density at radius 3 is 2.76 bits per heavy atom. The third-order valence-corrected chi connectivity index (χ3v) is 3.45. The number of aromatic nitrogens is 2. The van der Waals surface area contributed by atoms with Gasteiger partial charge in [0.2, 0.25) is 0 Å². The molecule has 0 spiro atoms. The van der Waals surface area contributed by atoms with E-state index < -0.39 is 11.6 Å². The van der Waals surface area contributed by atoms with E-state index in [-0.39, 0.29) is 12.6 Å². The van der Waals surface area contributed by atoms with E-state index in [0.29, 0.717) is 5.56 Å². The Bertz CT molecular complexity index is 734. The van der Waals surface area contributed by atoms with E-state index in [1.165, 1.54) is 6.07 Å². The molecule has 0 radical (unpaired) electrons. The Morgan fingerprint density at radius 2 is 1.95 bits per heavy atom. The van der Waals surface area contributed by atoms with Gasteiger partial charge in [0.15, 0.2) is 11.6 Å². The lowest BCUT2D eigenvalue weighted by Gasteiger charge is -2.12. The number of aromatic amines is 1. The van der Waals surface area contributed by atoms with E-state index in [4.69, 9.17) is 0 Å². The minimum absolute atomic E-state index is 0.0972. The second-order valence-electron chi connectivity index (χ2n) is 4.95. The van der Waals surface area contributed by atoms with Gasteiger partial charge in [0.05, 0.1) is 17.1 Å². The standard InChI is InChI=1S/C16H15F2N3/c1-10(16-20-13-7-2-3-8-14(13)21-16)19-9-11-5-4-6-12(17)15(11)18/h2-8,10,19H,9H2,1H3,(H,20,21). The molecule has 1 atom stereocenters. The van der Waals surface area contributed by atoms with Gasteiger partial charge in [-0.1, -0.05) is 24.3 Å². The molecule has 0 aliphatic rings. The van der Waals surface area contributed by atoms with Gasteiger partial charge >= 0.3 is 0 Å². The zero-order chi connectivity index (χ0) is 14.8. The number of imidazole rings is 1. The Kier molecular flexibility index (Phi) is 3.66. The molecular formula is C16H15F2N3. The maximum atomic E-state index is 13.6. The summed E-state index contributed by atoms with van der Waals surface area (Å²) >= 11 is 0. The SMILES string of the molecule is CC(NCc1cccc(F)c1F)c1nc2ccccc2[nH]1. The number of nitrogens with zero attached hydrogens (tertiary/aromatic N) is 1. The summed E-state index contributed by atoms with van der Waals surface area (Å²) in [5.41, 5.74) is 2.15. The van der Waals surface area contributed by atoms with Crippen LogP contribution in [0.2, 0.25) is 0 Å². The minimum Gasteiger partial charge on any atom is -0.341 e. The van der Waals surface area contributed by atoms with E-state index in [0.717, 1.165) is 22.9 Å². The van der Waals surface area contributed by atoms with Crippen molar-refractivity contribution in [2.75, 3.05) is 0 Å². The summed E-state index contributed by atoms with van der Waals surface area (Å²) in [7, 11) is 0. The zero-order valence-electron chi connectivity index (χ0n) is 11.5. The molecule has 0 bridgehead atoms. The third-order valence-electron chi connectivity index (χ3n) is 3.45. The number of hydrogen-bond donors (Lipinski definition) is 2. The van der Waals surface area contributed by atoms with Crippen LogP contribution in [-0.2, 0) is 6.54 Å². The molecule has 0 amide bonds. The molecular weight excluding hydrogens is 272 g/mol. The van der Waals surface area contributed by atoms with Crippen LogP contribution in [-0.4, -0.2) is 9.97 Å². The Morgan fingerprint density at radius 1 is 1.14 bits per heavy atom. The predicted octanol–water partition coefficient (Wildman–Crippen LogP) is 3.69. The van der Waals surface area contributed by atoms with Gasteiger partial charge in [-0.2, -0.15) is 0 Å². The summed E-state index contributed by atoms with van der Waals surface area (Å²) in [6.07, 6.45) is 0. The average Bonchev–Trinajstić information content (AvgIpc) is 2.92. The van der Waals surface area contributed by atoms with E-state index in [9.17, 15) is 8.78 Å². The van der Waals surface area contributed by atoms with Crippen molar-refractivity contribution in [2.45, 2.75) is 19.5 Å². The van der Waals surface area contributed by atoms with Gasteiger partial charge in [-0.3, -0.25) is 0 Å². The average molecular weight is 287 g/mol. The van der Waals surface area contributed by atoms with E-state index >= 15 is 0 Å². The Hall–Kier alpha value is -2.27. The first-order valence-electron chi connectivity index (χ1n) is 6.76. The lowest BCUT2D eigenvalue weighted by Crippen LogP contribution is -2.20. The molecule has 0 saturated carbocycles. The number of hydrogen-bond acceptors (Lipinski definition) is 2. The van der Waals surface area contributed by atoms with Gasteiger partial charge < -0.3 is 10.3 Å². The topological polar surface area (TPSA) is 40.7 Å². The van der Waals surface area contributed by atoms with Crippen molar-refractivity contribution in [2.24, 2.45) is 0 Å². The van der Waals surface area contributed by atoms with Crippen LogP contribution in [0.5, 0.6) is 0 Å². The summed E-state index contributed by atoms with van der Waals surface area (Å²) < 4.78 is 26.7. The fraction of sp³-hybridized carbons (Fsp3) is 0.188. The lowest BCUT2D eigenvalue weighted by atomic mass is 10.2. The molecule has 3 rings (SSSR count). The monoisotopic (exact) mass is 287 g/mol. The van der Waals surface area contributed by atoms with Gasteiger partial charge in [0.1, 0.15) is 5.82 Å². The van der Waals surface area contributed by atoms with Crippen LogP contribution in [0, 0.1) is 11.6 Å². The molecule has 0 aliphatic heterocycles. The van der Waals surface area contributed by atoms with Crippen LogP contribution in [0.4, 0.5) is 8.78 Å². The molecule has 108 valence electrons. The molecule has 0 fully saturated rings. The summed E-state index contributed by atoms with van der Waals surface area (Å²) in [6.45, 7) is 2.16. The zero-order valence-corrected chi connectivity index (χ0v) is 11.5. The highest BCUT2D eigenvalue weighted by atomic mass is 19.2. The van der Waals surface area contributed by atoms with E-state index in [1.807, 2.05) is 31.2 Å². The van der Waals surface area contributed by atoms with Crippen molar-refractivity contribution in [3.63, 3.8) is 0 Å². The van der Waals surface area contributed by atoms with Crippen LogP contribution < -0.4 is 5.32 Å². The number of halogens is 2. The number of fused-ring (bicyclic) bond motifs is 1. The van der Waals surface area contributed by atoms with Crippen molar-refractivity contribution in [1.82, 2.24) is 15.3 Å². The number of para-hydroxylation sites is 2. The summed E-state index contributed by atoms with van der Waals surface area (Å²) in [4.78, 5) is 7.70. The minimum atomic E-state index is -0.828. The summed E-state index contributed by atoms with van der Waals surface area (Å²) in [6, 6.07) is 11.8. The smallest absolute Gasteiger partial charge is 0.163 e. The molecule has 2 aromatic carbocycles. The normalized spacial score (nSPS) is 12.7. The first kappa shape index (κ1) is 13.7. The molecule has 0 saturated heterocycles. The second kappa shape index (κ2) is 5.61. The first-order valence-corrected chi connectivity index (χ1v) is 6.76. The van der Waals surface area contributed by atoms with Crippen molar-refractivity contribution < 1.29 is 8.78 Å². The van der Waals surface area contributed by atoms with E-state index in [2.05, 4.69) is 15.3 Å². The summed E-state index contributed by atoms with van der Waals surface area (Å²) in [5.74, 6) is -0.861. The quantitative estimate of drug-likeness (QED) is 0.768. The van der Waals surface area contributed by atoms with Gasteiger partial charge in [0.25, 0.3) is 0 Å². The van der Waals surface area contributed by atoms with Gasteiger partial charge in [-0.05, 0) is 25.1 Å². The highest BCUT2D eigenvalue weighted by molar-refractivity contribution is 5.74. The molecule has 1 heterocycles. The van der Waals surface area contributed by atoms with Crippen LogP contribution in [0.25, 0.3) is 11.0 Å². The molecule has 3 aromatic rings. The molecule has 21 heavy (non-hydrogen) atoms. The highest BCUT2D eigenvalue weighted by Crippen LogP contribution is 2.17. The van der Waals surface area contributed by atoms with Crippen LogP contribution in [0.1, 0.15) is 24.4 Å². The molecule has 5 heteroatoms. The molecule has 1 unspecified atom stereocenters. The number of benzene rings is 2. The third kappa shape index (κ3) is 2.78. The fourth-order valence-electron chi connectivity index (χ4n) is 2.22.